The summed E-state index contributed by atoms with van der Waals surface area (Å²) in [7, 11) is 1.40. The molecule has 1 fully saturated rings. The lowest BCUT2D eigenvalue weighted by Gasteiger charge is -2.43. The predicted molar refractivity (Wildman–Crippen MR) is 70.9 cm³/mol. The third-order valence-electron chi connectivity index (χ3n) is 3.43. The highest BCUT2D eigenvalue weighted by atomic mass is 16.6. The zero-order chi connectivity index (χ0) is 14.4. The molecule has 1 amide bonds. The molecule has 6 heteroatoms. The highest BCUT2D eigenvalue weighted by Gasteiger charge is 2.32. The van der Waals surface area contributed by atoms with Crippen molar-refractivity contribution in [2.24, 2.45) is 0 Å². The van der Waals surface area contributed by atoms with Crippen LogP contribution in [0.2, 0.25) is 0 Å². The van der Waals surface area contributed by atoms with Crippen LogP contribution in [0.1, 0.15) is 27.2 Å². The van der Waals surface area contributed by atoms with E-state index in [1.807, 2.05) is 0 Å². The Kier molecular flexibility index (Phi) is 6.08. The van der Waals surface area contributed by atoms with E-state index >= 15 is 0 Å². The molecule has 6 nitrogen and oxygen atoms in total. The van der Waals surface area contributed by atoms with E-state index in [-0.39, 0.29) is 24.1 Å². The van der Waals surface area contributed by atoms with Crippen molar-refractivity contribution in [2.45, 2.75) is 39.3 Å². The van der Waals surface area contributed by atoms with Gasteiger partial charge in [0.05, 0.1) is 20.1 Å². The van der Waals surface area contributed by atoms with Crippen LogP contribution in [0.5, 0.6) is 0 Å². The van der Waals surface area contributed by atoms with Crippen molar-refractivity contribution in [2.75, 3.05) is 33.4 Å². The van der Waals surface area contributed by atoms with Gasteiger partial charge >= 0.3 is 12.1 Å². The molecule has 0 radical (unpaired) electrons. The van der Waals surface area contributed by atoms with Gasteiger partial charge < -0.3 is 14.4 Å². The van der Waals surface area contributed by atoms with E-state index in [4.69, 9.17) is 4.74 Å². The van der Waals surface area contributed by atoms with Crippen LogP contribution in [-0.4, -0.2) is 67.3 Å². The Hall–Kier alpha value is -1.30. The van der Waals surface area contributed by atoms with Gasteiger partial charge in [-0.3, -0.25) is 9.69 Å². The minimum absolute atomic E-state index is 0.202. The number of carbonyl (C=O) groups is 2. The summed E-state index contributed by atoms with van der Waals surface area (Å²) >= 11 is 0. The molecule has 1 heterocycles. The Balaban J connectivity index is 2.51. The van der Waals surface area contributed by atoms with Crippen LogP contribution in [0.3, 0.4) is 0 Å². The topological polar surface area (TPSA) is 59.1 Å². The molecule has 0 aromatic heterocycles. The molecule has 1 aliphatic rings. The molecule has 0 saturated carbocycles. The number of hydrogen-bond acceptors (Lipinski definition) is 5. The van der Waals surface area contributed by atoms with E-state index in [0.717, 1.165) is 0 Å². The van der Waals surface area contributed by atoms with Crippen molar-refractivity contribution in [3.8, 4) is 0 Å². The molecule has 110 valence electrons. The second-order valence-electron chi connectivity index (χ2n) is 4.87. The normalized spacial score (nSPS) is 24.1. The molecule has 19 heavy (non-hydrogen) atoms. The summed E-state index contributed by atoms with van der Waals surface area (Å²) in [6, 6.07) is 0.413. The van der Waals surface area contributed by atoms with Crippen LogP contribution in [0, 0.1) is 0 Å². The Morgan fingerprint density at radius 1 is 1.21 bits per heavy atom. The van der Waals surface area contributed by atoms with Crippen molar-refractivity contribution >= 4 is 12.1 Å². The molecule has 0 aliphatic carbocycles. The van der Waals surface area contributed by atoms with Crippen molar-refractivity contribution in [3.63, 3.8) is 0 Å². The highest BCUT2D eigenvalue weighted by molar-refractivity contribution is 5.69. The second kappa shape index (κ2) is 7.33. The van der Waals surface area contributed by atoms with Gasteiger partial charge in [0.1, 0.15) is 0 Å². The molecule has 0 N–H and O–H groups in total. The molecule has 1 saturated heterocycles. The van der Waals surface area contributed by atoms with Crippen LogP contribution in [0.25, 0.3) is 0 Å². The van der Waals surface area contributed by atoms with E-state index in [9.17, 15) is 9.59 Å². The SMILES string of the molecule is CCOC(=O)N1CC(C)N(CCC(=O)OC)C(C)C1. The molecule has 0 aromatic carbocycles. The molecule has 1 aliphatic heterocycles. The first-order chi connectivity index (χ1) is 8.99. The maximum absolute atomic E-state index is 11.7. The van der Waals surface area contributed by atoms with E-state index in [1.54, 1.807) is 11.8 Å². The van der Waals surface area contributed by atoms with Gasteiger partial charge in [0, 0.05) is 31.7 Å². The van der Waals surface area contributed by atoms with Crippen LogP contribution < -0.4 is 0 Å². The third-order valence-corrected chi connectivity index (χ3v) is 3.43. The van der Waals surface area contributed by atoms with Gasteiger partial charge in [-0.25, -0.2) is 4.79 Å². The third kappa shape index (κ3) is 4.38. The monoisotopic (exact) mass is 272 g/mol. The van der Waals surface area contributed by atoms with E-state index in [1.165, 1.54) is 7.11 Å². The number of piperazine rings is 1. The van der Waals surface area contributed by atoms with Crippen molar-refractivity contribution in [1.29, 1.82) is 0 Å². The largest absolute Gasteiger partial charge is 0.469 e. The van der Waals surface area contributed by atoms with Crippen molar-refractivity contribution < 1.29 is 19.1 Å². The number of ether oxygens (including phenoxy) is 2. The lowest BCUT2D eigenvalue weighted by atomic mass is 10.1. The number of methoxy groups -OCH3 is 1. The fourth-order valence-electron chi connectivity index (χ4n) is 2.48. The van der Waals surface area contributed by atoms with E-state index in [0.29, 0.717) is 32.7 Å². The smallest absolute Gasteiger partial charge is 0.409 e. The second-order valence-corrected chi connectivity index (χ2v) is 4.87. The zero-order valence-corrected chi connectivity index (χ0v) is 12.2. The Bertz CT molecular complexity index is 310. The maximum atomic E-state index is 11.7. The van der Waals surface area contributed by atoms with E-state index < -0.39 is 0 Å². The fraction of sp³-hybridized carbons (Fsp3) is 0.846. The van der Waals surface area contributed by atoms with Crippen LogP contribution in [0.4, 0.5) is 4.79 Å². The number of carbonyl (C=O) groups excluding carboxylic acids is 2. The number of amides is 1. The lowest BCUT2D eigenvalue weighted by molar-refractivity contribution is -0.141. The molecule has 2 unspecified atom stereocenters. The van der Waals surface area contributed by atoms with Gasteiger partial charge in [-0.15, -0.1) is 0 Å². The molecule has 1 rings (SSSR count). The lowest BCUT2D eigenvalue weighted by Crippen LogP contribution is -2.58. The van der Waals surface area contributed by atoms with Crippen LogP contribution in [0.15, 0.2) is 0 Å². The van der Waals surface area contributed by atoms with Crippen LogP contribution in [-0.2, 0) is 14.3 Å². The number of rotatable bonds is 4. The van der Waals surface area contributed by atoms with Crippen molar-refractivity contribution in [3.05, 3.63) is 0 Å². The average molecular weight is 272 g/mol. The molecule has 2 atom stereocenters. The quantitative estimate of drug-likeness (QED) is 0.717. The highest BCUT2D eigenvalue weighted by Crippen LogP contribution is 2.17. The summed E-state index contributed by atoms with van der Waals surface area (Å²) < 4.78 is 9.68. The molecule has 0 bridgehead atoms. The summed E-state index contributed by atoms with van der Waals surface area (Å²) in [5, 5.41) is 0. The standard InChI is InChI=1S/C13H24N2O4/c1-5-19-13(17)14-8-10(2)15(11(3)9-14)7-6-12(16)18-4/h10-11H,5-9H2,1-4H3. The maximum Gasteiger partial charge on any atom is 0.409 e. The van der Waals surface area contributed by atoms with E-state index in [2.05, 4.69) is 23.5 Å². The summed E-state index contributed by atoms with van der Waals surface area (Å²) in [5.74, 6) is -0.202. The molecular formula is C13H24N2O4. The van der Waals surface area contributed by atoms with Gasteiger partial charge in [-0.1, -0.05) is 0 Å². The van der Waals surface area contributed by atoms with Gasteiger partial charge in [0.2, 0.25) is 0 Å². The minimum atomic E-state index is -0.256. The van der Waals surface area contributed by atoms with Gasteiger partial charge in [0.25, 0.3) is 0 Å². The summed E-state index contributed by atoms with van der Waals surface area (Å²) in [5.41, 5.74) is 0. The first-order valence-electron chi connectivity index (χ1n) is 6.73. The Morgan fingerprint density at radius 2 is 1.79 bits per heavy atom. The Labute approximate surface area is 114 Å². The molecule has 0 aromatic rings. The zero-order valence-electron chi connectivity index (χ0n) is 12.2. The molecular weight excluding hydrogens is 248 g/mol. The summed E-state index contributed by atoms with van der Waals surface area (Å²) in [4.78, 5) is 26.9. The number of hydrogen-bond donors (Lipinski definition) is 0. The fourth-order valence-corrected chi connectivity index (χ4v) is 2.48. The summed E-state index contributed by atoms with van der Waals surface area (Å²) in [6.45, 7) is 8.22. The van der Waals surface area contributed by atoms with Crippen molar-refractivity contribution in [1.82, 2.24) is 9.80 Å². The van der Waals surface area contributed by atoms with Gasteiger partial charge in [-0.2, -0.15) is 0 Å². The Morgan fingerprint density at radius 3 is 2.26 bits per heavy atom. The number of nitrogens with zero attached hydrogens (tertiary/aromatic N) is 2. The minimum Gasteiger partial charge on any atom is -0.469 e. The average Bonchev–Trinajstić information content (AvgIpc) is 2.37. The first kappa shape index (κ1) is 15.8. The molecule has 0 spiro atoms. The van der Waals surface area contributed by atoms with Gasteiger partial charge in [-0.05, 0) is 20.8 Å². The predicted octanol–water partition coefficient (Wildman–Crippen LogP) is 1.10. The summed E-state index contributed by atoms with van der Waals surface area (Å²) in [6.07, 6.45) is 0.124. The van der Waals surface area contributed by atoms with Gasteiger partial charge in [0.15, 0.2) is 0 Å². The number of esters is 1. The van der Waals surface area contributed by atoms with Crippen LogP contribution >= 0.6 is 0 Å². The first-order valence-corrected chi connectivity index (χ1v) is 6.73.